The molecular weight excluding hydrogens is 414 g/mol. The molecule has 0 saturated heterocycles. The highest BCUT2D eigenvalue weighted by molar-refractivity contribution is 6.16. The van der Waals surface area contributed by atoms with Crippen molar-refractivity contribution in [3.8, 4) is 39.1 Å². The third-order valence-electron chi connectivity index (χ3n) is 6.53. The maximum absolute atomic E-state index is 11.8. The van der Waals surface area contributed by atoms with Gasteiger partial charge in [0.25, 0.3) is 0 Å². The van der Waals surface area contributed by atoms with E-state index in [0.29, 0.717) is 5.69 Å². The Morgan fingerprint density at radius 3 is 1.50 bits per heavy atom. The van der Waals surface area contributed by atoms with Crippen LogP contribution in [0.1, 0.15) is 0 Å². The van der Waals surface area contributed by atoms with E-state index >= 15 is 0 Å². The van der Waals surface area contributed by atoms with Crippen molar-refractivity contribution in [1.82, 2.24) is 0 Å². The van der Waals surface area contributed by atoms with Gasteiger partial charge in [0, 0.05) is 27.9 Å². The van der Waals surface area contributed by atoms with Crippen molar-refractivity contribution in [2.45, 2.75) is 0 Å². The van der Waals surface area contributed by atoms with Crippen LogP contribution in [0.15, 0.2) is 121 Å². The first-order valence-corrected chi connectivity index (χ1v) is 11.4. The zero-order chi connectivity index (χ0) is 23.1. The predicted molar refractivity (Wildman–Crippen MR) is 144 cm³/mol. The average molecular weight is 438 g/mol. The van der Waals surface area contributed by atoms with Crippen molar-refractivity contribution < 1.29 is 5.11 Å². The van der Waals surface area contributed by atoms with Gasteiger partial charge in [0.15, 0.2) is 0 Å². The van der Waals surface area contributed by atoms with E-state index in [1.807, 2.05) is 72.8 Å². The van der Waals surface area contributed by atoms with Crippen molar-refractivity contribution in [3.63, 3.8) is 0 Å². The predicted octanol–water partition coefficient (Wildman–Crippen LogP) is 8.28. The fraction of sp³-hybridized carbons (Fsp3) is 0. The summed E-state index contributed by atoms with van der Waals surface area (Å²) < 4.78 is 0. The first-order chi connectivity index (χ1) is 16.7. The summed E-state index contributed by atoms with van der Waals surface area (Å²) in [6, 6.07) is 40.8. The van der Waals surface area contributed by atoms with Gasteiger partial charge in [-0.2, -0.15) is 0 Å². The second-order valence-corrected chi connectivity index (χ2v) is 8.53. The van der Waals surface area contributed by atoms with Crippen LogP contribution in [0.5, 0.6) is 5.75 Å². The Morgan fingerprint density at radius 2 is 0.912 bits per heavy atom. The summed E-state index contributed by atoms with van der Waals surface area (Å²) in [5, 5.41) is 15.9. The zero-order valence-electron chi connectivity index (χ0n) is 18.6. The van der Waals surface area contributed by atoms with E-state index in [-0.39, 0.29) is 5.75 Å². The maximum atomic E-state index is 11.8. The summed E-state index contributed by atoms with van der Waals surface area (Å²) in [6.45, 7) is 0. The molecule has 6 aromatic carbocycles. The number of fused-ring (bicyclic) bond motifs is 2. The Balaban J connectivity index is 1.78. The molecule has 2 nitrogen and oxygen atoms in total. The molecule has 0 heterocycles. The third-order valence-corrected chi connectivity index (χ3v) is 6.53. The smallest absolute Gasteiger partial charge is 0.131 e. The number of benzene rings is 6. The second kappa shape index (κ2) is 8.09. The number of rotatable bonds is 3. The highest BCUT2D eigenvalue weighted by atomic mass is 16.3. The van der Waals surface area contributed by atoms with E-state index in [2.05, 4.69) is 48.5 Å². The molecule has 162 valence electrons. The highest BCUT2D eigenvalue weighted by Crippen LogP contribution is 2.49. The number of hydrogen-bond donors (Lipinski definition) is 2. The maximum Gasteiger partial charge on any atom is 0.131 e. The number of aromatic hydroxyl groups is 1. The quantitative estimate of drug-likeness (QED) is 0.274. The summed E-state index contributed by atoms with van der Waals surface area (Å²) in [4.78, 5) is 0. The summed E-state index contributed by atoms with van der Waals surface area (Å²) in [5.41, 5.74) is 13.0. The minimum Gasteiger partial charge on any atom is -0.507 e. The van der Waals surface area contributed by atoms with Gasteiger partial charge in [0.05, 0.1) is 0 Å². The van der Waals surface area contributed by atoms with Crippen molar-refractivity contribution >= 4 is 27.2 Å². The summed E-state index contributed by atoms with van der Waals surface area (Å²) in [7, 11) is 0. The summed E-state index contributed by atoms with van der Waals surface area (Å²) in [6.07, 6.45) is 0. The number of anilines is 1. The van der Waals surface area contributed by atoms with Crippen LogP contribution in [0.3, 0.4) is 0 Å². The Kier molecular flexibility index (Phi) is 4.78. The molecule has 3 N–H and O–H groups in total. The minimum absolute atomic E-state index is 0.243. The molecule has 34 heavy (non-hydrogen) atoms. The molecule has 0 saturated carbocycles. The van der Waals surface area contributed by atoms with Crippen LogP contribution in [-0.4, -0.2) is 5.11 Å². The molecule has 0 amide bonds. The normalized spacial score (nSPS) is 11.2. The molecule has 2 heteroatoms. The van der Waals surface area contributed by atoms with E-state index in [0.717, 1.165) is 54.9 Å². The average Bonchev–Trinajstić information content (AvgIpc) is 2.90. The minimum atomic E-state index is 0.243. The molecular formula is C32H23NO. The second-order valence-electron chi connectivity index (χ2n) is 8.53. The van der Waals surface area contributed by atoms with E-state index in [1.54, 1.807) is 0 Å². The molecule has 0 aliphatic carbocycles. The third kappa shape index (κ3) is 3.20. The first kappa shape index (κ1) is 20.1. The Hall–Kier alpha value is -4.56. The van der Waals surface area contributed by atoms with Crippen molar-refractivity contribution in [2.24, 2.45) is 0 Å². The van der Waals surface area contributed by atoms with Crippen LogP contribution in [0.25, 0.3) is 54.9 Å². The van der Waals surface area contributed by atoms with Crippen LogP contribution in [0, 0.1) is 0 Å². The van der Waals surface area contributed by atoms with E-state index in [1.165, 1.54) is 0 Å². The monoisotopic (exact) mass is 437 g/mol. The lowest BCUT2D eigenvalue weighted by Crippen LogP contribution is -1.98. The Morgan fingerprint density at radius 1 is 0.471 bits per heavy atom. The highest BCUT2D eigenvalue weighted by Gasteiger charge is 2.21. The molecule has 0 aromatic heterocycles. The molecule has 0 aliphatic heterocycles. The van der Waals surface area contributed by atoms with Gasteiger partial charge in [-0.25, -0.2) is 0 Å². The van der Waals surface area contributed by atoms with Crippen molar-refractivity contribution in [2.75, 3.05) is 5.73 Å². The van der Waals surface area contributed by atoms with Crippen molar-refractivity contribution in [3.05, 3.63) is 121 Å². The molecule has 0 bridgehead atoms. The van der Waals surface area contributed by atoms with E-state index in [4.69, 9.17) is 5.73 Å². The molecule has 0 fully saturated rings. The fourth-order valence-electron chi connectivity index (χ4n) is 4.92. The lowest BCUT2D eigenvalue weighted by atomic mass is 9.86. The van der Waals surface area contributed by atoms with Crippen LogP contribution in [-0.2, 0) is 0 Å². The molecule has 0 radical (unpaired) electrons. The van der Waals surface area contributed by atoms with E-state index in [9.17, 15) is 5.11 Å². The number of nitrogen functional groups attached to an aromatic ring is 1. The zero-order valence-corrected chi connectivity index (χ0v) is 18.6. The summed E-state index contributed by atoms with van der Waals surface area (Å²) in [5.74, 6) is 0.243. The van der Waals surface area contributed by atoms with Gasteiger partial charge >= 0.3 is 0 Å². The SMILES string of the molecule is Nc1c(-c2ccccc2)cc2ccccc2c1-c1c(O)c(-c2ccccc2)cc2ccccc12. The van der Waals surface area contributed by atoms with Gasteiger partial charge in [0.1, 0.15) is 5.75 Å². The largest absolute Gasteiger partial charge is 0.507 e. The van der Waals surface area contributed by atoms with Gasteiger partial charge in [-0.15, -0.1) is 0 Å². The Bertz CT molecular complexity index is 1530. The topological polar surface area (TPSA) is 46.2 Å². The van der Waals surface area contributed by atoms with Gasteiger partial charge in [0.2, 0.25) is 0 Å². The van der Waals surface area contributed by atoms with Crippen molar-refractivity contribution in [1.29, 1.82) is 0 Å². The lowest BCUT2D eigenvalue weighted by molar-refractivity contribution is 0.480. The number of phenolic OH excluding ortho intramolecular Hbond substituents is 1. The number of phenols is 1. The van der Waals surface area contributed by atoms with E-state index < -0.39 is 0 Å². The van der Waals surface area contributed by atoms with Gasteiger partial charge in [-0.05, 0) is 44.8 Å². The number of nitrogens with two attached hydrogens (primary N) is 1. The summed E-state index contributed by atoms with van der Waals surface area (Å²) >= 11 is 0. The van der Waals surface area contributed by atoms with Gasteiger partial charge in [-0.1, -0.05) is 109 Å². The molecule has 0 spiro atoms. The molecule has 0 aliphatic rings. The molecule has 6 aromatic rings. The standard InChI is InChI=1S/C32H23NO/c33-31-27(21-11-3-1-4-12-21)19-23-15-7-9-17-25(23)29(31)30-26-18-10-8-16-24(26)20-28(32(30)34)22-13-5-2-6-14-22/h1-20,34H,33H2. The van der Waals surface area contributed by atoms with Gasteiger partial charge < -0.3 is 10.8 Å². The first-order valence-electron chi connectivity index (χ1n) is 11.4. The van der Waals surface area contributed by atoms with Crippen LogP contribution in [0.4, 0.5) is 5.69 Å². The Labute approximate surface area is 198 Å². The molecule has 0 unspecified atom stereocenters. The van der Waals surface area contributed by atoms with Crippen LogP contribution in [0.2, 0.25) is 0 Å². The molecule has 6 rings (SSSR count). The van der Waals surface area contributed by atoms with Crippen LogP contribution < -0.4 is 5.73 Å². The number of hydrogen-bond acceptors (Lipinski definition) is 2. The lowest BCUT2D eigenvalue weighted by Gasteiger charge is -2.20. The fourth-order valence-corrected chi connectivity index (χ4v) is 4.92. The van der Waals surface area contributed by atoms with Crippen LogP contribution >= 0.6 is 0 Å². The van der Waals surface area contributed by atoms with Gasteiger partial charge in [-0.3, -0.25) is 0 Å². The molecule has 0 atom stereocenters.